The van der Waals surface area contributed by atoms with Crippen molar-refractivity contribution in [3.63, 3.8) is 0 Å². The molecule has 1 amide bonds. The normalized spacial score (nSPS) is 10.6. The molecule has 33 heavy (non-hydrogen) atoms. The first kappa shape index (κ1) is 22.9. The molecule has 166 valence electrons. The molecular formula is C24H17Cl2N3O3S. The van der Waals surface area contributed by atoms with Crippen LogP contribution in [0.4, 0.5) is 5.13 Å². The van der Waals surface area contributed by atoms with Gasteiger partial charge in [-0.3, -0.25) is 9.69 Å². The van der Waals surface area contributed by atoms with Crippen LogP contribution in [0.5, 0.6) is 0 Å². The molecule has 0 N–H and O–H groups in total. The van der Waals surface area contributed by atoms with Gasteiger partial charge in [0.15, 0.2) is 11.7 Å². The first-order chi connectivity index (χ1) is 16.0. The lowest BCUT2D eigenvalue weighted by Crippen LogP contribution is -2.34. The molecule has 0 spiro atoms. The zero-order valence-corrected chi connectivity index (χ0v) is 19.5. The number of hydrogen-bond acceptors (Lipinski definition) is 6. The molecule has 9 heteroatoms. The fourth-order valence-electron chi connectivity index (χ4n) is 2.99. The van der Waals surface area contributed by atoms with Gasteiger partial charge in [-0.25, -0.2) is 14.8 Å². The van der Waals surface area contributed by atoms with E-state index in [-0.39, 0.29) is 17.3 Å². The number of halogens is 2. The highest BCUT2D eigenvalue weighted by Gasteiger charge is 2.22. The Balaban J connectivity index is 1.54. The molecule has 0 fully saturated rings. The lowest BCUT2D eigenvalue weighted by atomic mass is 10.2. The summed E-state index contributed by atoms with van der Waals surface area (Å²) >= 11 is 13.3. The summed E-state index contributed by atoms with van der Waals surface area (Å²) in [6, 6.07) is 19.9. The summed E-state index contributed by atoms with van der Waals surface area (Å²) in [5.74, 6) is -1.13. The average molecular weight is 498 g/mol. The maximum absolute atomic E-state index is 13.1. The van der Waals surface area contributed by atoms with E-state index < -0.39 is 18.5 Å². The number of pyridine rings is 1. The molecule has 6 nitrogen and oxygen atoms in total. The standard InChI is InChI=1S/C24H17Cl2N3O3S/c25-18-10-8-17(9-11-18)20-15-33-24(28-20)29(13-16-5-2-1-3-6-16)21(30)14-32-23(31)19-7-4-12-27-22(19)26/h1-12,15H,13-14H2. The zero-order chi connectivity index (χ0) is 23.2. The number of ether oxygens (including phenoxy) is 1. The van der Waals surface area contributed by atoms with E-state index in [0.29, 0.717) is 10.2 Å². The molecule has 4 aromatic rings. The molecule has 0 aliphatic heterocycles. The molecule has 0 aliphatic carbocycles. The minimum Gasteiger partial charge on any atom is -0.452 e. The molecule has 0 bridgehead atoms. The van der Waals surface area contributed by atoms with Gasteiger partial charge < -0.3 is 4.74 Å². The Kier molecular flexibility index (Phi) is 7.34. The molecule has 0 saturated carbocycles. The molecule has 0 atom stereocenters. The third-order valence-electron chi connectivity index (χ3n) is 4.65. The van der Waals surface area contributed by atoms with Crippen molar-refractivity contribution in [2.24, 2.45) is 0 Å². The Labute approximate surface area is 204 Å². The van der Waals surface area contributed by atoms with Crippen molar-refractivity contribution < 1.29 is 14.3 Å². The predicted octanol–water partition coefficient (Wildman–Crippen LogP) is 5.90. The van der Waals surface area contributed by atoms with Crippen LogP contribution in [0.3, 0.4) is 0 Å². The number of benzene rings is 2. The lowest BCUT2D eigenvalue weighted by Gasteiger charge is -2.20. The van der Waals surface area contributed by atoms with E-state index in [2.05, 4.69) is 9.97 Å². The highest BCUT2D eigenvalue weighted by atomic mass is 35.5. The number of hydrogen-bond donors (Lipinski definition) is 0. The third kappa shape index (κ3) is 5.76. The number of amides is 1. The second-order valence-electron chi connectivity index (χ2n) is 6.91. The van der Waals surface area contributed by atoms with Crippen LogP contribution in [0.15, 0.2) is 78.3 Å². The number of carbonyl (C=O) groups excluding carboxylic acids is 2. The van der Waals surface area contributed by atoms with Gasteiger partial charge in [0.25, 0.3) is 5.91 Å². The Morgan fingerprint density at radius 2 is 1.73 bits per heavy atom. The topological polar surface area (TPSA) is 72.4 Å². The van der Waals surface area contributed by atoms with E-state index in [0.717, 1.165) is 16.8 Å². The fraction of sp³-hybridized carbons (Fsp3) is 0.0833. The summed E-state index contributed by atoms with van der Waals surface area (Å²) in [5.41, 5.74) is 2.61. The number of carbonyl (C=O) groups is 2. The van der Waals surface area contributed by atoms with E-state index in [9.17, 15) is 9.59 Å². The SMILES string of the molecule is O=C(OCC(=O)N(Cc1ccccc1)c1nc(-c2ccc(Cl)cc2)cs1)c1cccnc1Cl. The number of anilines is 1. The van der Waals surface area contributed by atoms with Gasteiger partial charge in [0, 0.05) is 22.2 Å². The number of aromatic nitrogens is 2. The Morgan fingerprint density at radius 3 is 2.45 bits per heavy atom. The van der Waals surface area contributed by atoms with Crippen molar-refractivity contribution >= 4 is 51.5 Å². The van der Waals surface area contributed by atoms with E-state index >= 15 is 0 Å². The van der Waals surface area contributed by atoms with Crippen LogP contribution in [-0.2, 0) is 16.1 Å². The van der Waals surface area contributed by atoms with Crippen LogP contribution >= 0.6 is 34.5 Å². The van der Waals surface area contributed by atoms with Crippen LogP contribution in [0.25, 0.3) is 11.3 Å². The van der Waals surface area contributed by atoms with E-state index in [1.54, 1.807) is 18.2 Å². The Bertz CT molecular complexity index is 1260. The molecule has 0 unspecified atom stereocenters. The highest BCUT2D eigenvalue weighted by Crippen LogP contribution is 2.29. The van der Waals surface area contributed by atoms with Gasteiger partial charge in [0.1, 0.15) is 5.15 Å². The van der Waals surface area contributed by atoms with Gasteiger partial charge in [-0.05, 0) is 29.8 Å². The van der Waals surface area contributed by atoms with Crippen molar-refractivity contribution in [3.05, 3.63) is 99.6 Å². The quantitative estimate of drug-likeness (QED) is 0.234. The van der Waals surface area contributed by atoms with Gasteiger partial charge in [0.05, 0.1) is 17.8 Å². The lowest BCUT2D eigenvalue weighted by molar-refractivity contribution is -0.121. The summed E-state index contributed by atoms with van der Waals surface area (Å²) in [6.07, 6.45) is 1.46. The van der Waals surface area contributed by atoms with Gasteiger partial charge in [-0.15, -0.1) is 11.3 Å². The van der Waals surface area contributed by atoms with Crippen molar-refractivity contribution in [2.45, 2.75) is 6.54 Å². The monoisotopic (exact) mass is 497 g/mol. The number of rotatable bonds is 7. The molecule has 0 saturated heterocycles. The van der Waals surface area contributed by atoms with Crippen LogP contribution < -0.4 is 4.90 Å². The van der Waals surface area contributed by atoms with Gasteiger partial charge in [0.2, 0.25) is 0 Å². The molecule has 2 heterocycles. The first-order valence-corrected chi connectivity index (χ1v) is 11.5. The smallest absolute Gasteiger partial charge is 0.341 e. The predicted molar refractivity (Wildman–Crippen MR) is 130 cm³/mol. The Hall–Kier alpha value is -3.26. The number of esters is 1. The maximum Gasteiger partial charge on any atom is 0.341 e. The van der Waals surface area contributed by atoms with Crippen molar-refractivity contribution in [1.82, 2.24) is 9.97 Å². The Morgan fingerprint density at radius 1 is 0.970 bits per heavy atom. The van der Waals surface area contributed by atoms with E-state index in [1.165, 1.54) is 28.5 Å². The van der Waals surface area contributed by atoms with Crippen molar-refractivity contribution in [3.8, 4) is 11.3 Å². The van der Waals surface area contributed by atoms with E-state index in [4.69, 9.17) is 27.9 Å². The molecule has 2 aromatic carbocycles. The van der Waals surface area contributed by atoms with Gasteiger partial charge in [-0.2, -0.15) is 0 Å². The van der Waals surface area contributed by atoms with Crippen LogP contribution in [0, 0.1) is 0 Å². The van der Waals surface area contributed by atoms with Crippen molar-refractivity contribution in [2.75, 3.05) is 11.5 Å². The molecule has 2 aromatic heterocycles. The summed E-state index contributed by atoms with van der Waals surface area (Å²) in [5, 5.41) is 3.00. The van der Waals surface area contributed by atoms with Crippen LogP contribution in [-0.4, -0.2) is 28.5 Å². The van der Waals surface area contributed by atoms with Crippen LogP contribution in [0.2, 0.25) is 10.2 Å². The number of nitrogens with zero attached hydrogens (tertiary/aromatic N) is 3. The summed E-state index contributed by atoms with van der Waals surface area (Å²) in [6.45, 7) is -0.189. The fourth-order valence-corrected chi connectivity index (χ4v) is 4.16. The van der Waals surface area contributed by atoms with Gasteiger partial charge in [-0.1, -0.05) is 65.7 Å². The average Bonchev–Trinajstić information content (AvgIpc) is 3.32. The summed E-state index contributed by atoms with van der Waals surface area (Å²) in [4.78, 5) is 35.5. The molecule has 4 rings (SSSR count). The summed E-state index contributed by atoms with van der Waals surface area (Å²) < 4.78 is 5.22. The van der Waals surface area contributed by atoms with Crippen molar-refractivity contribution in [1.29, 1.82) is 0 Å². The molecule has 0 radical (unpaired) electrons. The first-order valence-electron chi connectivity index (χ1n) is 9.84. The number of thiazole rings is 1. The second-order valence-corrected chi connectivity index (χ2v) is 8.54. The minimum absolute atomic E-state index is 0.0172. The van der Waals surface area contributed by atoms with E-state index in [1.807, 2.05) is 47.8 Å². The largest absolute Gasteiger partial charge is 0.452 e. The molecule has 0 aliphatic rings. The highest BCUT2D eigenvalue weighted by molar-refractivity contribution is 7.14. The molecular weight excluding hydrogens is 481 g/mol. The summed E-state index contributed by atoms with van der Waals surface area (Å²) in [7, 11) is 0. The third-order valence-corrected chi connectivity index (χ3v) is 6.07. The zero-order valence-electron chi connectivity index (χ0n) is 17.2. The second kappa shape index (κ2) is 10.6. The van der Waals surface area contributed by atoms with Crippen LogP contribution in [0.1, 0.15) is 15.9 Å². The minimum atomic E-state index is -0.720. The maximum atomic E-state index is 13.1. The van der Waals surface area contributed by atoms with Gasteiger partial charge >= 0.3 is 5.97 Å².